The fraction of sp³-hybridized carbons (Fsp3) is 0.421. The van der Waals surface area contributed by atoms with Crippen LogP contribution in [0, 0.1) is 5.92 Å². The van der Waals surface area contributed by atoms with Gasteiger partial charge in [-0.2, -0.15) is 0 Å². The fourth-order valence-electron chi connectivity index (χ4n) is 2.66. The van der Waals surface area contributed by atoms with Gasteiger partial charge in [-0.05, 0) is 31.4 Å². The Hall–Kier alpha value is -2.63. The van der Waals surface area contributed by atoms with E-state index in [1.807, 2.05) is 25.3 Å². The summed E-state index contributed by atoms with van der Waals surface area (Å²) < 4.78 is 0. The number of hydrogen-bond acceptors (Lipinski definition) is 3. The van der Waals surface area contributed by atoms with Gasteiger partial charge in [-0.1, -0.05) is 24.3 Å². The van der Waals surface area contributed by atoms with Gasteiger partial charge in [0.15, 0.2) is 5.96 Å². The zero-order chi connectivity index (χ0) is 17.5. The molecule has 2 aromatic rings. The molecule has 1 aliphatic carbocycles. The van der Waals surface area contributed by atoms with Crippen molar-refractivity contribution in [2.24, 2.45) is 10.9 Å². The molecule has 1 amide bonds. The smallest absolute Gasteiger partial charge is 0.223 e. The second-order valence-corrected chi connectivity index (χ2v) is 6.18. The highest BCUT2D eigenvalue weighted by atomic mass is 16.2. The second kappa shape index (κ2) is 8.46. The number of rotatable bonds is 7. The van der Waals surface area contributed by atoms with Crippen LogP contribution < -0.4 is 16.0 Å². The second-order valence-electron chi connectivity index (χ2n) is 6.18. The Balaban J connectivity index is 1.56. The molecule has 1 heterocycles. The van der Waals surface area contributed by atoms with E-state index in [-0.39, 0.29) is 11.8 Å². The number of benzene rings is 1. The van der Waals surface area contributed by atoms with Crippen molar-refractivity contribution in [3.8, 4) is 0 Å². The number of guanidine groups is 1. The van der Waals surface area contributed by atoms with E-state index in [2.05, 4.69) is 44.1 Å². The van der Waals surface area contributed by atoms with Gasteiger partial charge in [-0.25, -0.2) is 4.99 Å². The van der Waals surface area contributed by atoms with Crippen molar-refractivity contribution in [2.45, 2.75) is 26.3 Å². The van der Waals surface area contributed by atoms with Crippen LogP contribution in [0.25, 0.3) is 10.9 Å². The molecule has 6 nitrogen and oxygen atoms in total. The highest BCUT2D eigenvalue weighted by Crippen LogP contribution is 2.28. The van der Waals surface area contributed by atoms with Crippen molar-refractivity contribution < 1.29 is 4.79 Å². The van der Waals surface area contributed by atoms with Gasteiger partial charge in [0.25, 0.3) is 0 Å². The predicted octanol–water partition coefficient (Wildman–Crippen LogP) is 1.82. The van der Waals surface area contributed by atoms with Gasteiger partial charge >= 0.3 is 0 Å². The summed E-state index contributed by atoms with van der Waals surface area (Å²) in [5.41, 5.74) is 2.08. The standard InChI is InChI=1S/C19H25N5O/c1-2-20-19(23-12-11-22-18(25)15-8-9-15)24-13-16-6-3-5-14-7-4-10-21-17(14)16/h3-7,10,15H,2,8-9,11-13H2,1H3,(H,22,25)(H2,20,23,24). The fourth-order valence-corrected chi connectivity index (χ4v) is 2.66. The Kier molecular flexibility index (Phi) is 5.82. The number of nitrogens with zero attached hydrogens (tertiary/aromatic N) is 2. The molecule has 3 rings (SSSR count). The first kappa shape index (κ1) is 17.2. The van der Waals surface area contributed by atoms with Gasteiger partial charge in [0.1, 0.15) is 0 Å². The molecule has 1 aromatic heterocycles. The molecular formula is C19H25N5O. The van der Waals surface area contributed by atoms with E-state index < -0.39 is 0 Å². The van der Waals surface area contributed by atoms with Crippen LogP contribution in [0.5, 0.6) is 0 Å². The number of aromatic nitrogens is 1. The lowest BCUT2D eigenvalue weighted by atomic mass is 10.1. The summed E-state index contributed by atoms with van der Waals surface area (Å²) in [6.07, 6.45) is 3.87. The molecular weight excluding hydrogens is 314 g/mol. The Labute approximate surface area is 148 Å². The van der Waals surface area contributed by atoms with Gasteiger partial charge in [0, 0.05) is 37.1 Å². The summed E-state index contributed by atoms with van der Waals surface area (Å²) in [5, 5.41) is 10.6. The number of amides is 1. The van der Waals surface area contributed by atoms with Gasteiger partial charge in [-0.15, -0.1) is 0 Å². The Morgan fingerprint density at radius 1 is 1.16 bits per heavy atom. The van der Waals surface area contributed by atoms with E-state index >= 15 is 0 Å². The third kappa shape index (κ3) is 4.92. The first-order valence-electron chi connectivity index (χ1n) is 8.90. The maximum absolute atomic E-state index is 11.6. The molecule has 1 aromatic carbocycles. The Bertz CT molecular complexity index is 749. The number of nitrogens with one attached hydrogen (secondary N) is 3. The SMILES string of the molecule is CCNC(=NCc1cccc2cccnc12)NCCNC(=O)C1CC1. The molecule has 1 saturated carbocycles. The quantitative estimate of drug-likeness (QED) is 0.408. The first-order chi connectivity index (χ1) is 12.3. The average Bonchev–Trinajstić information content (AvgIpc) is 3.48. The lowest BCUT2D eigenvalue weighted by molar-refractivity contribution is -0.122. The van der Waals surface area contributed by atoms with Crippen molar-refractivity contribution in [2.75, 3.05) is 19.6 Å². The van der Waals surface area contributed by atoms with E-state index in [0.717, 1.165) is 41.8 Å². The summed E-state index contributed by atoms with van der Waals surface area (Å²) in [4.78, 5) is 20.7. The maximum atomic E-state index is 11.6. The minimum Gasteiger partial charge on any atom is -0.357 e. The minimum absolute atomic E-state index is 0.172. The molecule has 6 heteroatoms. The average molecular weight is 339 g/mol. The van der Waals surface area contributed by atoms with E-state index in [4.69, 9.17) is 0 Å². The summed E-state index contributed by atoms with van der Waals surface area (Å²) in [5.74, 6) is 1.17. The molecule has 0 bridgehead atoms. The van der Waals surface area contributed by atoms with Gasteiger partial charge in [0.2, 0.25) is 5.91 Å². The van der Waals surface area contributed by atoms with Crippen LogP contribution in [-0.2, 0) is 11.3 Å². The third-order valence-electron chi connectivity index (χ3n) is 4.13. The monoisotopic (exact) mass is 339 g/mol. The molecule has 0 aliphatic heterocycles. The zero-order valence-electron chi connectivity index (χ0n) is 14.6. The molecule has 1 fully saturated rings. The van der Waals surface area contributed by atoms with Gasteiger partial charge in [-0.3, -0.25) is 9.78 Å². The topological polar surface area (TPSA) is 78.4 Å². The van der Waals surface area contributed by atoms with E-state index in [0.29, 0.717) is 19.6 Å². The molecule has 0 spiro atoms. The third-order valence-corrected chi connectivity index (χ3v) is 4.13. The lowest BCUT2D eigenvalue weighted by Gasteiger charge is -2.12. The van der Waals surface area contributed by atoms with Crippen molar-refractivity contribution in [3.63, 3.8) is 0 Å². The molecule has 0 unspecified atom stereocenters. The van der Waals surface area contributed by atoms with Gasteiger partial charge in [0.05, 0.1) is 12.1 Å². The van der Waals surface area contributed by atoms with Crippen LogP contribution >= 0.6 is 0 Å². The number of pyridine rings is 1. The van der Waals surface area contributed by atoms with Crippen LogP contribution in [0.3, 0.4) is 0 Å². The van der Waals surface area contributed by atoms with Crippen LogP contribution in [0.4, 0.5) is 0 Å². The van der Waals surface area contributed by atoms with Crippen molar-refractivity contribution in [3.05, 3.63) is 42.1 Å². The summed E-state index contributed by atoms with van der Waals surface area (Å²) in [6, 6.07) is 10.1. The molecule has 0 atom stereocenters. The van der Waals surface area contributed by atoms with Crippen LogP contribution in [-0.4, -0.2) is 36.5 Å². The number of carbonyl (C=O) groups is 1. The molecule has 25 heavy (non-hydrogen) atoms. The minimum atomic E-state index is 0.172. The maximum Gasteiger partial charge on any atom is 0.223 e. The summed E-state index contributed by atoms with van der Waals surface area (Å²) in [6.45, 7) is 4.63. The Morgan fingerprint density at radius 3 is 2.76 bits per heavy atom. The van der Waals surface area contributed by atoms with E-state index in [9.17, 15) is 4.79 Å². The number of aliphatic imine (C=N–C) groups is 1. The highest BCUT2D eigenvalue weighted by molar-refractivity contribution is 5.83. The number of fused-ring (bicyclic) bond motifs is 1. The molecule has 132 valence electrons. The summed E-state index contributed by atoms with van der Waals surface area (Å²) in [7, 11) is 0. The van der Waals surface area contributed by atoms with E-state index in [1.54, 1.807) is 0 Å². The van der Waals surface area contributed by atoms with Crippen LogP contribution in [0.15, 0.2) is 41.5 Å². The normalized spacial score (nSPS) is 14.4. The van der Waals surface area contributed by atoms with Crippen molar-refractivity contribution >= 4 is 22.8 Å². The molecule has 0 radical (unpaired) electrons. The zero-order valence-corrected chi connectivity index (χ0v) is 14.6. The number of hydrogen-bond donors (Lipinski definition) is 3. The largest absolute Gasteiger partial charge is 0.357 e. The summed E-state index contributed by atoms with van der Waals surface area (Å²) >= 11 is 0. The highest BCUT2D eigenvalue weighted by Gasteiger charge is 2.28. The van der Waals surface area contributed by atoms with Gasteiger partial charge < -0.3 is 16.0 Å². The number of carbonyl (C=O) groups excluding carboxylic acids is 1. The predicted molar refractivity (Wildman–Crippen MR) is 100 cm³/mol. The number of para-hydroxylation sites is 1. The van der Waals surface area contributed by atoms with Crippen molar-refractivity contribution in [1.29, 1.82) is 0 Å². The molecule has 3 N–H and O–H groups in total. The van der Waals surface area contributed by atoms with Crippen LogP contribution in [0.2, 0.25) is 0 Å². The molecule has 1 aliphatic rings. The van der Waals surface area contributed by atoms with Crippen LogP contribution in [0.1, 0.15) is 25.3 Å². The Morgan fingerprint density at radius 2 is 1.96 bits per heavy atom. The molecule has 0 saturated heterocycles. The first-order valence-corrected chi connectivity index (χ1v) is 8.90. The van der Waals surface area contributed by atoms with E-state index in [1.165, 1.54) is 0 Å². The lowest BCUT2D eigenvalue weighted by Crippen LogP contribution is -2.41. The van der Waals surface area contributed by atoms with Crippen molar-refractivity contribution in [1.82, 2.24) is 20.9 Å².